The van der Waals surface area contributed by atoms with Crippen LogP contribution in [0.4, 0.5) is 5.69 Å². The van der Waals surface area contributed by atoms with E-state index in [2.05, 4.69) is 28.5 Å². The van der Waals surface area contributed by atoms with E-state index in [4.69, 9.17) is 5.11 Å². The first-order valence-electron chi connectivity index (χ1n) is 7.92. The van der Waals surface area contributed by atoms with Gasteiger partial charge in [0.05, 0.1) is 0 Å². The Labute approximate surface area is 151 Å². The molecule has 25 heavy (non-hydrogen) atoms. The third-order valence-corrected chi connectivity index (χ3v) is 4.29. The first-order valence-corrected chi connectivity index (χ1v) is 8.80. The third kappa shape index (κ3) is 6.32. The molecule has 1 aromatic carbocycles. The van der Waals surface area contributed by atoms with Gasteiger partial charge in [-0.25, -0.2) is 0 Å². The van der Waals surface area contributed by atoms with E-state index in [1.165, 1.54) is 11.8 Å². The molecular weight excluding hydrogens is 336 g/mol. The number of carbonyl (C=O) groups is 2. The molecule has 1 atom stereocenters. The van der Waals surface area contributed by atoms with Crippen LogP contribution in [0.15, 0.2) is 41.8 Å². The maximum absolute atomic E-state index is 11.9. The fraction of sp³-hybridized carbons (Fsp3) is 0.263. The molecule has 2 aromatic rings. The Morgan fingerprint density at radius 2 is 1.96 bits per heavy atom. The van der Waals surface area contributed by atoms with Gasteiger partial charge in [0, 0.05) is 35.5 Å². The van der Waals surface area contributed by atoms with Gasteiger partial charge in [-0.3, -0.25) is 9.59 Å². The highest BCUT2D eigenvalue weighted by molar-refractivity contribution is 7.09. The molecule has 0 aliphatic heterocycles. The van der Waals surface area contributed by atoms with Gasteiger partial charge in [-0.1, -0.05) is 12.0 Å². The zero-order valence-electron chi connectivity index (χ0n) is 13.9. The molecule has 0 unspecified atom stereocenters. The summed E-state index contributed by atoms with van der Waals surface area (Å²) in [5.74, 6) is 4.81. The van der Waals surface area contributed by atoms with E-state index >= 15 is 0 Å². The standard InChI is InChI=1S/C19H20N2O3S/c1-14(19(23)24)21-18(22)15-8-10-16(11-9-15)20-12-4-2-3-6-17-7-5-13-25-17/h5,7-11,13-14,20H,4,6,12H2,1H3,(H,21,22)(H,23,24)/t14-/m0/s1. The molecule has 3 N–H and O–H groups in total. The maximum atomic E-state index is 11.9. The lowest BCUT2D eigenvalue weighted by atomic mass is 10.2. The van der Waals surface area contributed by atoms with Crippen molar-refractivity contribution in [1.82, 2.24) is 5.32 Å². The Morgan fingerprint density at radius 1 is 1.20 bits per heavy atom. The molecule has 0 radical (unpaired) electrons. The lowest BCUT2D eigenvalue weighted by molar-refractivity contribution is -0.138. The van der Waals surface area contributed by atoms with Gasteiger partial charge in [0.1, 0.15) is 6.04 Å². The van der Waals surface area contributed by atoms with E-state index < -0.39 is 17.9 Å². The van der Waals surface area contributed by atoms with E-state index in [9.17, 15) is 9.59 Å². The molecule has 0 saturated carbocycles. The van der Waals surface area contributed by atoms with Crippen molar-refractivity contribution in [1.29, 1.82) is 0 Å². The normalized spacial score (nSPS) is 11.1. The highest BCUT2D eigenvalue weighted by atomic mass is 32.1. The molecule has 0 aliphatic rings. The Kier molecular flexibility index (Phi) is 7.05. The largest absolute Gasteiger partial charge is 0.480 e. The number of amides is 1. The molecule has 1 heterocycles. The van der Waals surface area contributed by atoms with Gasteiger partial charge < -0.3 is 15.7 Å². The van der Waals surface area contributed by atoms with E-state index in [1.54, 1.807) is 35.6 Å². The van der Waals surface area contributed by atoms with Crippen LogP contribution in [0, 0.1) is 11.8 Å². The van der Waals surface area contributed by atoms with Crippen molar-refractivity contribution in [2.24, 2.45) is 0 Å². The van der Waals surface area contributed by atoms with Gasteiger partial charge in [0.25, 0.3) is 5.91 Å². The zero-order chi connectivity index (χ0) is 18.1. The predicted octanol–water partition coefficient (Wildman–Crippen LogP) is 3.00. The molecule has 0 fully saturated rings. The Bertz CT molecular complexity index is 758. The summed E-state index contributed by atoms with van der Waals surface area (Å²) in [7, 11) is 0. The van der Waals surface area contributed by atoms with Gasteiger partial charge in [-0.2, -0.15) is 0 Å². The molecular formula is C19H20N2O3S. The van der Waals surface area contributed by atoms with Crippen LogP contribution < -0.4 is 10.6 Å². The molecule has 2 rings (SSSR count). The maximum Gasteiger partial charge on any atom is 0.325 e. The number of anilines is 1. The zero-order valence-corrected chi connectivity index (χ0v) is 14.7. The summed E-state index contributed by atoms with van der Waals surface area (Å²) in [6, 6.07) is 10.1. The minimum absolute atomic E-state index is 0.402. The lowest BCUT2D eigenvalue weighted by Crippen LogP contribution is -2.38. The summed E-state index contributed by atoms with van der Waals surface area (Å²) >= 11 is 1.71. The number of aliphatic carboxylic acids is 1. The smallest absolute Gasteiger partial charge is 0.325 e. The summed E-state index contributed by atoms with van der Waals surface area (Å²) in [6.45, 7) is 2.15. The number of hydrogen-bond donors (Lipinski definition) is 3. The third-order valence-electron chi connectivity index (χ3n) is 3.41. The number of hydrogen-bond acceptors (Lipinski definition) is 4. The predicted molar refractivity (Wildman–Crippen MR) is 99.9 cm³/mol. The number of thiophene rings is 1. The number of carboxylic acid groups (broad SMARTS) is 1. The van der Waals surface area contributed by atoms with Crippen LogP contribution in [0.1, 0.15) is 28.6 Å². The number of carboxylic acids is 1. The second kappa shape index (κ2) is 9.50. The molecule has 1 amide bonds. The van der Waals surface area contributed by atoms with E-state index in [1.807, 2.05) is 11.4 Å². The fourth-order valence-electron chi connectivity index (χ4n) is 2.00. The summed E-state index contributed by atoms with van der Waals surface area (Å²) in [4.78, 5) is 23.9. The van der Waals surface area contributed by atoms with Crippen LogP contribution in [-0.2, 0) is 11.2 Å². The van der Waals surface area contributed by atoms with Crippen molar-refractivity contribution >= 4 is 28.9 Å². The monoisotopic (exact) mass is 356 g/mol. The first kappa shape index (κ1) is 18.6. The van der Waals surface area contributed by atoms with Gasteiger partial charge in [-0.15, -0.1) is 17.3 Å². The highest BCUT2D eigenvalue weighted by Crippen LogP contribution is 2.10. The lowest BCUT2D eigenvalue weighted by Gasteiger charge is -2.10. The van der Waals surface area contributed by atoms with Crippen molar-refractivity contribution < 1.29 is 14.7 Å². The quantitative estimate of drug-likeness (QED) is 0.526. The molecule has 6 heteroatoms. The van der Waals surface area contributed by atoms with Gasteiger partial charge >= 0.3 is 5.97 Å². The minimum Gasteiger partial charge on any atom is -0.480 e. The molecule has 1 aromatic heterocycles. The van der Waals surface area contributed by atoms with Crippen molar-refractivity contribution in [3.63, 3.8) is 0 Å². The summed E-state index contributed by atoms with van der Waals surface area (Å²) in [6.07, 6.45) is 1.53. The van der Waals surface area contributed by atoms with Crippen LogP contribution in [0.5, 0.6) is 0 Å². The minimum atomic E-state index is -1.06. The second-order valence-electron chi connectivity index (χ2n) is 5.40. The molecule has 0 aliphatic carbocycles. The number of carbonyl (C=O) groups excluding carboxylic acids is 1. The van der Waals surface area contributed by atoms with E-state index in [-0.39, 0.29) is 0 Å². The fourth-order valence-corrected chi connectivity index (χ4v) is 2.65. The van der Waals surface area contributed by atoms with Crippen molar-refractivity contribution in [3.05, 3.63) is 52.2 Å². The number of benzene rings is 1. The highest BCUT2D eigenvalue weighted by Gasteiger charge is 2.14. The molecule has 0 bridgehead atoms. The average Bonchev–Trinajstić information content (AvgIpc) is 3.11. The number of nitrogens with one attached hydrogen (secondary N) is 2. The van der Waals surface area contributed by atoms with Crippen LogP contribution in [0.2, 0.25) is 0 Å². The average molecular weight is 356 g/mol. The van der Waals surface area contributed by atoms with Crippen molar-refractivity contribution in [2.45, 2.75) is 25.8 Å². The van der Waals surface area contributed by atoms with Crippen LogP contribution in [-0.4, -0.2) is 29.6 Å². The van der Waals surface area contributed by atoms with Crippen molar-refractivity contribution in [2.75, 3.05) is 11.9 Å². The van der Waals surface area contributed by atoms with Crippen molar-refractivity contribution in [3.8, 4) is 11.8 Å². The Balaban J connectivity index is 1.74. The van der Waals surface area contributed by atoms with Gasteiger partial charge in [0.2, 0.25) is 0 Å². The van der Waals surface area contributed by atoms with Crippen LogP contribution in [0.3, 0.4) is 0 Å². The van der Waals surface area contributed by atoms with E-state index in [0.29, 0.717) is 5.56 Å². The SMILES string of the molecule is C[C@H](NC(=O)c1ccc(NCCC#CCc2cccs2)cc1)C(=O)O. The molecule has 5 nitrogen and oxygen atoms in total. The summed E-state index contributed by atoms with van der Waals surface area (Å²) in [5.41, 5.74) is 1.32. The van der Waals surface area contributed by atoms with Crippen LogP contribution >= 0.6 is 11.3 Å². The second-order valence-corrected chi connectivity index (χ2v) is 6.43. The van der Waals surface area contributed by atoms with E-state index in [0.717, 1.165) is 25.1 Å². The first-order chi connectivity index (χ1) is 12.1. The molecule has 0 spiro atoms. The molecule has 130 valence electrons. The summed E-state index contributed by atoms with van der Waals surface area (Å²) < 4.78 is 0. The van der Waals surface area contributed by atoms with Gasteiger partial charge in [-0.05, 0) is 42.6 Å². The topological polar surface area (TPSA) is 78.4 Å². The van der Waals surface area contributed by atoms with Gasteiger partial charge in [0.15, 0.2) is 0 Å². The summed E-state index contributed by atoms with van der Waals surface area (Å²) in [5, 5.41) is 16.5. The Hall–Kier alpha value is -2.78. The number of rotatable bonds is 7. The Morgan fingerprint density at radius 3 is 2.60 bits per heavy atom. The molecule has 0 saturated heterocycles. The van der Waals surface area contributed by atoms with Crippen LogP contribution in [0.25, 0.3) is 0 Å².